The van der Waals surface area contributed by atoms with E-state index in [4.69, 9.17) is 37.4 Å². The van der Waals surface area contributed by atoms with Crippen molar-refractivity contribution in [3.05, 3.63) is 57.6 Å². The van der Waals surface area contributed by atoms with Crippen molar-refractivity contribution in [1.29, 1.82) is 0 Å². The molecule has 9 heteroatoms. The van der Waals surface area contributed by atoms with Gasteiger partial charge in [0.15, 0.2) is 11.5 Å². The van der Waals surface area contributed by atoms with Crippen molar-refractivity contribution in [2.75, 3.05) is 46.0 Å². The monoisotopic (exact) mass is 524 g/mol. The summed E-state index contributed by atoms with van der Waals surface area (Å²) < 4.78 is 17.4. The molecule has 1 aliphatic rings. The predicted molar refractivity (Wildman–Crippen MR) is 136 cm³/mol. The number of hydrogen-bond donors (Lipinski definition) is 1. The van der Waals surface area contributed by atoms with E-state index in [0.29, 0.717) is 29.8 Å². The maximum absolute atomic E-state index is 6.30. The Morgan fingerprint density at radius 1 is 1.03 bits per heavy atom. The molecule has 0 unspecified atom stereocenters. The van der Waals surface area contributed by atoms with E-state index in [-0.39, 0.29) is 24.8 Å². The molecule has 0 atom stereocenters. The highest BCUT2D eigenvalue weighted by atomic mass is 35.5. The van der Waals surface area contributed by atoms with E-state index in [1.165, 1.54) is 0 Å². The summed E-state index contributed by atoms with van der Waals surface area (Å²) in [4.78, 5) is 2.45. The fourth-order valence-corrected chi connectivity index (χ4v) is 3.86. The maximum atomic E-state index is 6.30. The highest BCUT2D eigenvalue weighted by Gasteiger charge is 2.13. The third kappa shape index (κ3) is 9.14. The van der Waals surface area contributed by atoms with Crippen LogP contribution in [0.1, 0.15) is 24.5 Å². The molecule has 32 heavy (non-hydrogen) atoms. The predicted octanol–water partition coefficient (Wildman–Crippen LogP) is 5.63. The minimum Gasteiger partial charge on any atom is -0.490 e. The van der Waals surface area contributed by atoms with Crippen molar-refractivity contribution in [2.24, 2.45) is 0 Å². The molecule has 0 spiro atoms. The van der Waals surface area contributed by atoms with E-state index >= 15 is 0 Å². The van der Waals surface area contributed by atoms with Gasteiger partial charge in [-0.05, 0) is 44.6 Å². The quantitative estimate of drug-likeness (QED) is 0.385. The van der Waals surface area contributed by atoms with Crippen LogP contribution in [0, 0.1) is 0 Å². The standard InChI is InChI=1S/C23H30Cl2N2O3.2ClH/c1-2-29-22-6-3-5-18(16-26-9-4-10-27-11-13-28-14-12-27)23(22)30-17-19-7-8-20(24)15-21(19)25;;/h3,5-8,15,26H,2,4,9-14,16-17H2,1H3;2*1H. The Balaban J connectivity index is 0.00000256. The summed E-state index contributed by atoms with van der Waals surface area (Å²) in [6.07, 6.45) is 1.10. The van der Waals surface area contributed by atoms with Gasteiger partial charge in [0.1, 0.15) is 6.61 Å². The molecule has 0 amide bonds. The molecule has 0 saturated carbocycles. The van der Waals surface area contributed by atoms with Crippen molar-refractivity contribution in [3.8, 4) is 11.5 Å². The molecule has 3 rings (SSSR count). The molecule has 0 aliphatic carbocycles. The number of hydrogen-bond acceptors (Lipinski definition) is 5. The number of rotatable bonds is 11. The first-order chi connectivity index (χ1) is 14.7. The maximum Gasteiger partial charge on any atom is 0.166 e. The number of halogens is 4. The van der Waals surface area contributed by atoms with E-state index in [0.717, 1.165) is 68.4 Å². The molecule has 1 aliphatic heterocycles. The Labute approximate surface area is 213 Å². The fourth-order valence-electron chi connectivity index (χ4n) is 3.40. The van der Waals surface area contributed by atoms with Crippen LogP contribution in [0.2, 0.25) is 10.0 Å². The molecule has 5 nitrogen and oxygen atoms in total. The normalized spacial score (nSPS) is 13.7. The van der Waals surface area contributed by atoms with Crippen LogP contribution < -0.4 is 14.8 Å². The summed E-state index contributed by atoms with van der Waals surface area (Å²) >= 11 is 12.3. The van der Waals surface area contributed by atoms with Gasteiger partial charge in [-0.3, -0.25) is 4.90 Å². The van der Waals surface area contributed by atoms with Gasteiger partial charge in [-0.2, -0.15) is 0 Å². The van der Waals surface area contributed by atoms with Crippen molar-refractivity contribution >= 4 is 48.0 Å². The van der Waals surface area contributed by atoms with Gasteiger partial charge < -0.3 is 19.5 Å². The summed E-state index contributed by atoms with van der Waals surface area (Å²) in [5.74, 6) is 1.50. The van der Waals surface area contributed by atoms with Crippen LogP contribution in [0.5, 0.6) is 11.5 Å². The fraction of sp³-hybridized carbons (Fsp3) is 0.478. The second-order valence-corrected chi connectivity index (χ2v) is 8.03. The molecular formula is C23H32Cl4N2O3. The minimum atomic E-state index is 0. The molecule has 0 aromatic heterocycles. The Kier molecular flexibility index (Phi) is 14.4. The van der Waals surface area contributed by atoms with Crippen molar-refractivity contribution in [3.63, 3.8) is 0 Å². The highest BCUT2D eigenvalue weighted by molar-refractivity contribution is 6.35. The van der Waals surface area contributed by atoms with Gasteiger partial charge >= 0.3 is 0 Å². The zero-order valence-corrected chi connectivity index (χ0v) is 21.4. The molecule has 0 bridgehead atoms. The first-order valence-electron chi connectivity index (χ1n) is 10.5. The number of para-hydroxylation sites is 1. The molecule has 2 aromatic rings. The summed E-state index contributed by atoms with van der Waals surface area (Å²) in [5, 5.41) is 4.74. The van der Waals surface area contributed by atoms with Gasteiger partial charge in [0.05, 0.1) is 19.8 Å². The second-order valence-electron chi connectivity index (χ2n) is 7.19. The molecule has 1 saturated heterocycles. The van der Waals surface area contributed by atoms with Crippen LogP contribution in [0.3, 0.4) is 0 Å². The Bertz CT molecular complexity index is 805. The van der Waals surface area contributed by atoms with E-state index < -0.39 is 0 Å². The first kappa shape index (κ1) is 29.1. The Hall–Kier alpha value is -0.920. The average Bonchev–Trinajstić information content (AvgIpc) is 2.75. The number of nitrogens with zero attached hydrogens (tertiary/aromatic N) is 1. The van der Waals surface area contributed by atoms with Crippen LogP contribution in [0.25, 0.3) is 0 Å². The molecule has 1 fully saturated rings. The lowest BCUT2D eigenvalue weighted by Gasteiger charge is -2.26. The van der Waals surface area contributed by atoms with E-state index in [9.17, 15) is 0 Å². The molecular weight excluding hydrogens is 494 g/mol. The third-order valence-electron chi connectivity index (χ3n) is 4.99. The molecule has 0 radical (unpaired) electrons. The topological polar surface area (TPSA) is 43.0 Å². The first-order valence-corrected chi connectivity index (χ1v) is 11.2. The van der Waals surface area contributed by atoms with E-state index in [2.05, 4.69) is 16.3 Å². The summed E-state index contributed by atoms with van der Waals surface area (Å²) in [7, 11) is 0. The number of morpholine rings is 1. The highest BCUT2D eigenvalue weighted by Crippen LogP contribution is 2.33. The van der Waals surface area contributed by atoms with Crippen molar-refractivity contribution in [2.45, 2.75) is 26.5 Å². The van der Waals surface area contributed by atoms with Crippen LogP contribution in [0.15, 0.2) is 36.4 Å². The van der Waals surface area contributed by atoms with E-state index in [1.54, 1.807) is 6.07 Å². The average molecular weight is 526 g/mol. The van der Waals surface area contributed by atoms with Gasteiger partial charge in [-0.1, -0.05) is 41.4 Å². The lowest BCUT2D eigenvalue weighted by atomic mass is 10.1. The zero-order chi connectivity index (χ0) is 21.2. The lowest BCUT2D eigenvalue weighted by molar-refractivity contribution is 0.0374. The molecule has 1 heterocycles. The molecule has 1 N–H and O–H groups in total. The summed E-state index contributed by atoms with van der Waals surface area (Å²) in [5.41, 5.74) is 1.95. The van der Waals surface area contributed by atoms with Crippen LogP contribution in [0.4, 0.5) is 0 Å². The van der Waals surface area contributed by atoms with Gasteiger partial charge in [-0.25, -0.2) is 0 Å². The Morgan fingerprint density at radius 3 is 2.53 bits per heavy atom. The zero-order valence-electron chi connectivity index (χ0n) is 18.3. The van der Waals surface area contributed by atoms with Gasteiger partial charge in [0.2, 0.25) is 0 Å². The van der Waals surface area contributed by atoms with Crippen LogP contribution in [-0.2, 0) is 17.9 Å². The van der Waals surface area contributed by atoms with Crippen molar-refractivity contribution in [1.82, 2.24) is 10.2 Å². The lowest BCUT2D eigenvalue weighted by Crippen LogP contribution is -2.37. The summed E-state index contributed by atoms with van der Waals surface area (Å²) in [6, 6.07) is 11.4. The molecule has 180 valence electrons. The molecule has 2 aromatic carbocycles. The third-order valence-corrected chi connectivity index (χ3v) is 5.58. The van der Waals surface area contributed by atoms with Gasteiger partial charge in [-0.15, -0.1) is 24.8 Å². The van der Waals surface area contributed by atoms with Gasteiger partial charge in [0, 0.05) is 40.8 Å². The van der Waals surface area contributed by atoms with Crippen LogP contribution in [-0.4, -0.2) is 50.9 Å². The second kappa shape index (κ2) is 15.8. The Morgan fingerprint density at radius 2 is 1.81 bits per heavy atom. The van der Waals surface area contributed by atoms with E-state index in [1.807, 2.05) is 31.2 Å². The van der Waals surface area contributed by atoms with Crippen LogP contribution >= 0.6 is 48.0 Å². The minimum absolute atomic E-state index is 0. The number of benzene rings is 2. The smallest absolute Gasteiger partial charge is 0.166 e. The van der Waals surface area contributed by atoms with Gasteiger partial charge in [0.25, 0.3) is 0 Å². The summed E-state index contributed by atoms with van der Waals surface area (Å²) in [6.45, 7) is 9.39. The largest absolute Gasteiger partial charge is 0.490 e. The number of ether oxygens (including phenoxy) is 3. The number of nitrogens with one attached hydrogen (secondary N) is 1. The SMILES string of the molecule is CCOc1cccc(CNCCCN2CCOCC2)c1OCc1ccc(Cl)cc1Cl.Cl.Cl. The van der Waals surface area contributed by atoms with Crippen molar-refractivity contribution < 1.29 is 14.2 Å².